The Morgan fingerprint density at radius 1 is 1.10 bits per heavy atom. The molecule has 1 aromatic carbocycles. The van der Waals surface area contributed by atoms with Crippen LogP contribution in [0.4, 0.5) is 4.79 Å². The van der Waals surface area contributed by atoms with Crippen molar-refractivity contribution < 1.29 is 9.53 Å². The van der Waals surface area contributed by atoms with Crippen LogP contribution in [0.15, 0.2) is 39.4 Å². The third kappa shape index (κ3) is 4.20. The van der Waals surface area contributed by atoms with E-state index in [1.807, 2.05) is 52.0 Å². The molecule has 2 rings (SSSR count). The predicted molar refractivity (Wildman–Crippen MR) is 91.6 cm³/mol. The third-order valence-corrected chi connectivity index (χ3v) is 3.61. The molecule has 0 spiro atoms. The molecule has 0 saturated carbocycles. The Hall–Kier alpha value is -1.07. The summed E-state index contributed by atoms with van der Waals surface area (Å²) < 4.78 is 8.79. The highest BCUT2D eigenvalue weighted by Crippen LogP contribution is 2.29. The lowest BCUT2D eigenvalue weighted by atomic mass is 10.1. The van der Waals surface area contributed by atoms with E-state index in [0.717, 1.165) is 25.8 Å². The van der Waals surface area contributed by atoms with Gasteiger partial charge >= 0.3 is 6.09 Å². The maximum atomic E-state index is 12.3. The number of aromatic nitrogens is 1. The lowest BCUT2D eigenvalue weighted by molar-refractivity contribution is 0.0540. The second kappa shape index (κ2) is 5.97. The Morgan fingerprint density at radius 2 is 1.76 bits per heavy atom. The average Bonchev–Trinajstić information content (AvgIpc) is 2.68. The summed E-state index contributed by atoms with van der Waals surface area (Å²) in [5, 5.41) is 0. The third-order valence-electron chi connectivity index (χ3n) is 2.71. The first kappa shape index (κ1) is 16.3. The molecule has 0 aliphatic carbocycles. The Labute approximate surface area is 141 Å². The summed E-state index contributed by atoms with van der Waals surface area (Å²) in [4.78, 5) is 12.3. The molecule has 112 valence electrons. The van der Waals surface area contributed by atoms with Crippen LogP contribution >= 0.6 is 31.9 Å². The van der Waals surface area contributed by atoms with Crippen LogP contribution in [0, 0.1) is 6.92 Å². The number of aryl methyl sites for hydroxylation is 1. The quantitative estimate of drug-likeness (QED) is 0.592. The highest BCUT2D eigenvalue weighted by molar-refractivity contribution is 9.10. The van der Waals surface area contributed by atoms with E-state index >= 15 is 0 Å². The average molecular weight is 415 g/mol. The Morgan fingerprint density at radius 3 is 2.33 bits per heavy atom. The van der Waals surface area contributed by atoms with Gasteiger partial charge in [0, 0.05) is 20.7 Å². The first-order valence-electron chi connectivity index (χ1n) is 6.54. The van der Waals surface area contributed by atoms with Gasteiger partial charge in [0.25, 0.3) is 0 Å². The molecule has 5 heteroatoms. The fraction of sp³-hybridized carbons (Fsp3) is 0.312. The van der Waals surface area contributed by atoms with Crippen molar-refractivity contribution in [2.24, 2.45) is 0 Å². The molecular weight excluding hydrogens is 398 g/mol. The summed E-state index contributed by atoms with van der Waals surface area (Å²) in [6.45, 7) is 7.58. The summed E-state index contributed by atoms with van der Waals surface area (Å²) in [6, 6.07) is 7.95. The van der Waals surface area contributed by atoms with Crippen molar-refractivity contribution in [1.29, 1.82) is 0 Å². The van der Waals surface area contributed by atoms with Crippen molar-refractivity contribution in [2.45, 2.75) is 33.3 Å². The van der Waals surface area contributed by atoms with Crippen LogP contribution < -0.4 is 0 Å². The van der Waals surface area contributed by atoms with E-state index in [1.165, 1.54) is 4.57 Å². The number of ether oxygens (including phenoxy) is 1. The maximum absolute atomic E-state index is 12.3. The Balaban J connectivity index is 2.48. The smallest absolute Gasteiger partial charge is 0.419 e. The van der Waals surface area contributed by atoms with Crippen molar-refractivity contribution in [1.82, 2.24) is 4.57 Å². The van der Waals surface area contributed by atoms with Crippen LogP contribution in [0.25, 0.3) is 11.3 Å². The number of carbonyl (C=O) groups is 1. The zero-order valence-corrected chi connectivity index (χ0v) is 15.6. The monoisotopic (exact) mass is 413 g/mol. The molecule has 3 nitrogen and oxygen atoms in total. The van der Waals surface area contributed by atoms with E-state index in [-0.39, 0.29) is 6.09 Å². The van der Waals surface area contributed by atoms with Gasteiger partial charge in [0.2, 0.25) is 0 Å². The first-order chi connectivity index (χ1) is 9.65. The van der Waals surface area contributed by atoms with Crippen LogP contribution in [0.5, 0.6) is 0 Å². The molecule has 1 aromatic heterocycles. The summed E-state index contributed by atoms with van der Waals surface area (Å²) >= 11 is 6.92. The molecule has 0 aliphatic heterocycles. The highest BCUT2D eigenvalue weighted by Gasteiger charge is 2.21. The minimum atomic E-state index is -0.529. The van der Waals surface area contributed by atoms with Crippen molar-refractivity contribution in [3.8, 4) is 11.3 Å². The normalized spacial score (nSPS) is 11.5. The van der Waals surface area contributed by atoms with Gasteiger partial charge in [-0.1, -0.05) is 15.9 Å². The van der Waals surface area contributed by atoms with Crippen molar-refractivity contribution in [3.05, 3.63) is 45.0 Å². The zero-order valence-electron chi connectivity index (χ0n) is 12.4. The maximum Gasteiger partial charge on any atom is 0.419 e. The number of hydrogen-bond donors (Lipinski definition) is 0. The SMILES string of the molecule is Cc1cc(Br)cc(-c2cc(Br)cn2C(=O)OC(C)(C)C)c1. The van der Waals surface area contributed by atoms with E-state index in [9.17, 15) is 4.79 Å². The fourth-order valence-electron chi connectivity index (χ4n) is 2.00. The van der Waals surface area contributed by atoms with Gasteiger partial charge in [0.15, 0.2) is 0 Å². The molecule has 0 fully saturated rings. The van der Waals surface area contributed by atoms with Crippen LogP contribution in [0.1, 0.15) is 26.3 Å². The van der Waals surface area contributed by atoms with Gasteiger partial charge in [-0.05, 0) is 73.5 Å². The second-order valence-corrected chi connectivity index (χ2v) is 7.74. The number of halogens is 2. The van der Waals surface area contributed by atoms with E-state index in [2.05, 4.69) is 31.9 Å². The predicted octanol–water partition coefficient (Wildman–Crippen LogP) is 5.77. The van der Waals surface area contributed by atoms with Crippen molar-refractivity contribution in [2.75, 3.05) is 0 Å². The fourth-order valence-corrected chi connectivity index (χ4v) is 3.03. The molecule has 21 heavy (non-hydrogen) atoms. The molecule has 2 aromatic rings. The topological polar surface area (TPSA) is 31.2 Å². The molecular formula is C16H17Br2NO2. The number of benzene rings is 1. The minimum Gasteiger partial charge on any atom is -0.443 e. The summed E-state index contributed by atoms with van der Waals surface area (Å²) in [5.74, 6) is 0. The Bertz CT molecular complexity index is 664. The highest BCUT2D eigenvalue weighted by atomic mass is 79.9. The van der Waals surface area contributed by atoms with Gasteiger partial charge in [0.05, 0.1) is 5.69 Å². The van der Waals surface area contributed by atoms with Crippen molar-refractivity contribution >= 4 is 38.0 Å². The minimum absolute atomic E-state index is 0.388. The van der Waals surface area contributed by atoms with Gasteiger partial charge in [-0.15, -0.1) is 0 Å². The van der Waals surface area contributed by atoms with Gasteiger partial charge < -0.3 is 4.74 Å². The summed E-state index contributed by atoms with van der Waals surface area (Å²) in [6.07, 6.45) is 1.33. The van der Waals surface area contributed by atoms with Crippen LogP contribution in [-0.2, 0) is 4.74 Å². The van der Waals surface area contributed by atoms with E-state index in [4.69, 9.17) is 4.74 Å². The lowest BCUT2D eigenvalue weighted by Crippen LogP contribution is -2.27. The van der Waals surface area contributed by atoms with Gasteiger partial charge in [-0.2, -0.15) is 0 Å². The van der Waals surface area contributed by atoms with E-state index < -0.39 is 5.60 Å². The van der Waals surface area contributed by atoms with Gasteiger partial charge in [-0.25, -0.2) is 4.79 Å². The summed E-state index contributed by atoms with van der Waals surface area (Å²) in [5.41, 5.74) is 2.34. The molecule has 0 aliphatic rings. The molecule has 0 unspecified atom stereocenters. The van der Waals surface area contributed by atoms with E-state index in [0.29, 0.717) is 0 Å². The second-order valence-electron chi connectivity index (χ2n) is 5.91. The van der Waals surface area contributed by atoms with Gasteiger partial charge in [-0.3, -0.25) is 4.57 Å². The Kier molecular flexibility index (Phi) is 4.63. The summed E-state index contributed by atoms with van der Waals surface area (Å²) in [7, 11) is 0. The number of nitrogens with zero attached hydrogens (tertiary/aromatic N) is 1. The van der Waals surface area contributed by atoms with Crippen molar-refractivity contribution in [3.63, 3.8) is 0 Å². The van der Waals surface area contributed by atoms with E-state index in [1.54, 1.807) is 6.20 Å². The van der Waals surface area contributed by atoms with Gasteiger partial charge in [0.1, 0.15) is 5.60 Å². The largest absolute Gasteiger partial charge is 0.443 e. The zero-order chi connectivity index (χ0) is 15.8. The molecule has 0 N–H and O–H groups in total. The molecule has 0 amide bonds. The molecule has 0 radical (unpaired) electrons. The number of rotatable bonds is 1. The number of carbonyl (C=O) groups excluding carboxylic acids is 1. The molecule has 0 atom stereocenters. The van der Waals surface area contributed by atoms with Crippen LogP contribution in [0.3, 0.4) is 0 Å². The number of hydrogen-bond acceptors (Lipinski definition) is 2. The molecule has 0 saturated heterocycles. The molecule has 1 heterocycles. The first-order valence-corrected chi connectivity index (χ1v) is 8.13. The standard InChI is InChI=1S/C16H17Br2NO2/c1-10-5-11(7-12(17)6-10)14-8-13(18)9-19(14)15(20)21-16(2,3)4/h5-9H,1-4H3. The van der Waals surface area contributed by atoms with Crippen LogP contribution in [0.2, 0.25) is 0 Å². The van der Waals surface area contributed by atoms with Crippen LogP contribution in [-0.4, -0.2) is 16.3 Å². The lowest BCUT2D eigenvalue weighted by Gasteiger charge is -2.20. The molecule has 0 bridgehead atoms.